The third kappa shape index (κ3) is 5.93. The Bertz CT molecular complexity index is 849. The molecule has 0 spiro atoms. The van der Waals surface area contributed by atoms with Crippen LogP contribution in [-0.2, 0) is 28.6 Å². The van der Waals surface area contributed by atoms with E-state index in [9.17, 15) is 14.4 Å². The molecular formula is C30H50O6. The van der Waals surface area contributed by atoms with Gasteiger partial charge in [-0.3, -0.25) is 9.59 Å². The van der Waals surface area contributed by atoms with E-state index in [1.165, 1.54) is 0 Å². The molecule has 4 fully saturated rings. The number of carbonyl (C=O) groups is 3. The molecular weight excluding hydrogens is 456 g/mol. The third-order valence-corrected chi connectivity index (χ3v) is 9.48. The molecule has 0 aromatic heterocycles. The fraction of sp³-hybridized carbons (Fsp3) is 0.900. The Morgan fingerprint density at radius 1 is 0.861 bits per heavy atom. The van der Waals surface area contributed by atoms with Crippen LogP contribution in [0.25, 0.3) is 0 Å². The van der Waals surface area contributed by atoms with Crippen molar-refractivity contribution in [2.24, 2.45) is 39.9 Å². The van der Waals surface area contributed by atoms with E-state index in [2.05, 4.69) is 34.6 Å². The van der Waals surface area contributed by atoms with E-state index in [0.717, 1.165) is 32.1 Å². The second kappa shape index (κ2) is 9.62. The first kappa shape index (κ1) is 29.0. The van der Waals surface area contributed by atoms with Crippen molar-refractivity contribution in [1.29, 1.82) is 0 Å². The highest BCUT2D eigenvalue weighted by Gasteiger charge is 2.63. The Labute approximate surface area is 218 Å². The Morgan fingerprint density at radius 2 is 1.42 bits per heavy atom. The molecule has 6 nitrogen and oxygen atoms in total. The molecule has 0 aliphatic heterocycles. The van der Waals surface area contributed by atoms with Gasteiger partial charge in [-0.25, -0.2) is 4.79 Å². The number of carbonyl (C=O) groups excluding carboxylic acids is 3. The zero-order valence-electron chi connectivity index (χ0n) is 24.4. The zero-order valence-corrected chi connectivity index (χ0v) is 24.4. The molecule has 4 saturated carbocycles. The van der Waals surface area contributed by atoms with Gasteiger partial charge in [0.1, 0.15) is 11.2 Å². The van der Waals surface area contributed by atoms with Crippen LogP contribution in [0.5, 0.6) is 0 Å². The second-order valence-corrected chi connectivity index (χ2v) is 14.9. The predicted octanol–water partition coefficient (Wildman–Crippen LogP) is 6.49. The van der Waals surface area contributed by atoms with Gasteiger partial charge in [-0.05, 0) is 88.4 Å². The monoisotopic (exact) mass is 506 g/mol. The van der Waals surface area contributed by atoms with Crippen LogP contribution in [0.3, 0.4) is 0 Å². The van der Waals surface area contributed by atoms with E-state index in [-0.39, 0.29) is 35.8 Å². The van der Waals surface area contributed by atoms with Gasteiger partial charge in [0.15, 0.2) is 6.61 Å². The fourth-order valence-corrected chi connectivity index (χ4v) is 7.18. The molecule has 0 heterocycles. The molecule has 4 aliphatic carbocycles. The van der Waals surface area contributed by atoms with E-state index in [1.54, 1.807) is 0 Å². The Balaban J connectivity index is 1.68. The van der Waals surface area contributed by atoms with Crippen LogP contribution in [0.4, 0.5) is 0 Å². The first-order chi connectivity index (χ1) is 16.3. The van der Waals surface area contributed by atoms with Gasteiger partial charge < -0.3 is 14.2 Å². The molecule has 0 amide bonds. The number of ether oxygens (including phenoxy) is 3. The highest BCUT2D eigenvalue weighted by Crippen LogP contribution is 2.63. The van der Waals surface area contributed by atoms with Gasteiger partial charge >= 0.3 is 17.9 Å². The molecule has 3 atom stereocenters. The molecule has 36 heavy (non-hydrogen) atoms. The van der Waals surface area contributed by atoms with Gasteiger partial charge in [0.2, 0.25) is 0 Å². The Morgan fingerprint density at radius 3 is 1.89 bits per heavy atom. The maximum atomic E-state index is 13.5. The number of hydrogen-bond donors (Lipinski definition) is 0. The summed E-state index contributed by atoms with van der Waals surface area (Å²) in [6.45, 7) is 19.9. The van der Waals surface area contributed by atoms with Gasteiger partial charge in [0.05, 0.1) is 10.8 Å². The van der Waals surface area contributed by atoms with E-state index in [0.29, 0.717) is 24.7 Å². The summed E-state index contributed by atoms with van der Waals surface area (Å²) < 4.78 is 17.7. The van der Waals surface area contributed by atoms with Crippen LogP contribution < -0.4 is 0 Å². The van der Waals surface area contributed by atoms with E-state index in [1.807, 2.05) is 34.6 Å². The molecule has 0 aromatic carbocycles. The lowest BCUT2D eigenvalue weighted by Crippen LogP contribution is -2.61. The van der Waals surface area contributed by atoms with Crippen molar-refractivity contribution in [2.45, 2.75) is 125 Å². The third-order valence-electron chi connectivity index (χ3n) is 9.48. The number of hydrogen-bond acceptors (Lipinski definition) is 6. The molecule has 4 rings (SSSR count). The molecule has 0 saturated heterocycles. The van der Waals surface area contributed by atoms with Crippen molar-refractivity contribution in [2.75, 3.05) is 6.61 Å². The quantitative estimate of drug-likeness (QED) is 0.263. The summed E-state index contributed by atoms with van der Waals surface area (Å²) in [6, 6.07) is 0. The molecule has 6 heteroatoms. The van der Waals surface area contributed by atoms with Crippen LogP contribution in [-0.4, -0.2) is 35.7 Å². The van der Waals surface area contributed by atoms with Crippen LogP contribution in [0.1, 0.15) is 114 Å². The summed E-state index contributed by atoms with van der Waals surface area (Å²) in [7, 11) is 0. The van der Waals surface area contributed by atoms with Crippen molar-refractivity contribution in [3.8, 4) is 0 Å². The molecule has 3 unspecified atom stereocenters. The molecule has 0 N–H and O–H groups in total. The normalized spacial score (nSPS) is 31.3. The summed E-state index contributed by atoms with van der Waals surface area (Å²) in [5, 5.41) is 0. The topological polar surface area (TPSA) is 78.9 Å². The molecule has 0 radical (unpaired) electrons. The van der Waals surface area contributed by atoms with Gasteiger partial charge in [0, 0.05) is 6.42 Å². The molecule has 206 valence electrons. The van der Waals surface area contributed by atoms with Crippen LogP contribution in [0.2, 0.25) is 0 Å². The van der Waals surface area contributed by atoms with Gasteiger partial charge in [-0.1, -0.05) is 48.5 Å². The zero-order chi connectivity index (χ0) is 27.3. The van der Waals surface area contributed by atoms with Crippen molar-refractivity contribution in [1.82, 2.24) is 0 Å². The summed E-state index contributed by atoms with van der Waals surface area (Å²) in [4.78, 5) is 39.6. The standard InChI is InChI=1S/C30H50O6/c1-19(2)27(8,9)36-25(33)29-12-21-11-22(13-29)15-30(14-21,18-29)35-23(31)16-34-24(32)28(10,20(3)4)17-26(5,6)7/h19-22H,11-18H2,1-10H3. The van der Waals surface area contributed by atoms with E-state index >= 15 is 0 Å². The summed E-state index contributed by atoms with van der Waals surface area (Å²) in [6.07, 6.45) is 5.42. The van der Waals surface area contributed by atoms with Gasteiger partial charge in [-0.2, -0.15) is 0 Å². The molecule has 4 aliphatic rings. The average molecular weight is 507 g/mol. The van der Waals surface area contributed by atoms with Gasteiger partial charge in [0.25, 0.3) is 0 Å². The first-order valence-electron chi connectivity index (χ1n) is 13.9. The first-order valence-corrected chi connectivity index (χ1v) is 13.9. The van der Waals surface area contributed by atoms with Gasteiger partial charge in [-0.15, -0.1) is 0 Å². The van der Waals surface area contributed by atoms with E-state index in [4.69, 9.17) is 14.2 Å². The minimum absolute atomic E-state index is 0.0508. The number of esters is 3. The van der Waals surface area contributed by atoms with Crippen LogP contribution in [0.15, 0.2) is 0 Å². The minimum atomic E-state index is -0.684. The smallest absolute Gasteiger partial charge is 0.344 e. The summed E-state index contributed by atoms with van der Waals surface area (Å²) in [5.74, 6) is -0.0308. The van der Waals surface area contributed by atoms with Crippen molar-refractivity contribution < 1.29 is 28.6 Å². The minimum Gasteiger partial charge on any atom is -0.459 e. The Hall–Kier alpha value is -1.59. The van der Waals surface area contributed by atoms with Crippen LogP contribution >= 0.6 is 0 Å². The Kier molecular flexibility index (Phi) is 7.74. The summed E-state index contributed by atoms with van der Waals surface area (Å²) in [5.41, 5.74) is -2.53. The predicted molar refractivity (Wildman–Crippen MR) is 139 cm³/mol. The second-order valence-electron chi connectivity index (χ2n) is 14.9. The lowest BCUT2D eigenvalue weighted by molar-refractivity contribution is -0.221. The lowest BCUT2D eigenvalue weighted by Gasteiger charge is -2.60. The highest BCUT2D eigenvalue weighted by atomic mass is 16.6. The maximum Gasteiger partial charge on any atom is 0.344 e. The average Bonchev–Trinajstić information content (AvgIpc) is 2.68. The number of rotatable bonds is 9. The van der Waals surface area contributed by atoms with Crippen LogP contribution in [0, 0.1) is 39.9 Å². The SMILES string of the molecule is CC(C)C(C)(C)OC(=O)C12CC3CC(CC(OC(=O)COC(=O)C(C)(CC(C)(C)C)C(C)C)(C3)C1)C2. The molecule has 0 aromatic rings. The fourth-order valence-electron chi connectivity index (χ4n) is 7.18. The largest absolute Gasteiger partial charge is 0.459 e. The van der Waals surface area contributed by atoms with Crippen molar-refractivity contribution in [3.05, 3.63) is 0 Å². The van der Waals surface area contributed by atoms with Crippen molar-refractivity contribution in [3.63, 3.8) is 0 Å². The van der Waals surface area contributed by atoms with Crippen molar-refractivity contribution >= 4 is 17.9 Å². The lowest BCUT2D eigenvalue weighted by atomic mass is 9.48. The van der Waals surface area contributed by atoms with E-state index < -0.39 is 28.0 Å². The highest BCUT2D eigenvalue weighted by molar-refractivity contribution is 5.81. The summed E-state index contributed by atoms with van der Waals surface area (Å²) >= 11 is 0. The maximum absolute atomic E-state index is 13.5. The molecule has 4 bridgehead atoms.